The monoisotopic (exact) mass is 270 g/mol. The van der Waals surface area contributed by atoms with E-state index in [0.29, 0.717) is 17.9 Å². The van der Waals surface area contributed by atoms with Gasteiger partial charge in [-0.3, -0.25) is 0 Å². The summed E-state index contributed by atoms with van der Waals surface area (Å²) < 4.78 is 6.64. The quantitative estimate of drug-likeness (QED) is 0.775. The summed E-state index contributed by atoms with van der Waals surface area (Å²) in [6.07, 6.45) is 6.84. The van der Waals surface area contributed by atoms with Gasteiger partial charge in [-0.15, -0.1) is 0 Å². The second kappa shape index (κ2) is 4.92. The molecular weight excluding hydrogens is 256 g/mol. The molecule has 2 rings (SSSR count). The molecule has 2 unspecified atom stereocenters. The standard InChI is InChI=1S/C11H15BrN2O/c1-8-4-2-3-5-9(8)15-11-6-10(12)13-7-14-11/h6-9H,2-5H2,1H3. The highest BCUT2D eigenvalue weighted by atomic mass is 79.9. The molecule has 1 aromatic rings. The van der Waals surface area contributed by atoms with Crippen molar-refractivity contribution in [1.82, 2.24) is 9.97 Å². The smallest absolute Gasteiger partial charge is 0.217 e. The number of halogens is 1. The molecular formula is C11H15BrN2O. The van der Waals surface area contributed by atoms with E-state index in [9.17, 15) is 0 Å². The Labute approximate surface area is 98.4 Å². The SMILES string of the molecule is CC1CCCCC1Oc1cc(Br)ncn1. The summed E-state index contributed by atoms with van der Waals surface area (Å²) in [6.45, 7) is 2.25. The summed E-state index contributed by atoms with van der Waals surface area (Å²) in [5, 5.41) is 0. The van der Waals surface area contributed by atoms with Gasteiger partial charge in [-0.25, -0.2) is 9.97 Å². The summed E-state index contributed by atoms with van der Waals surface area (Å²) in [7, 11) is 0. The van der Waals surface area contributed by atoms with E-state index in [1.807, 2.05) is 6.07 Å². The molecule has 1 fully saturated rings. The van der Waals surface area contributed by atoms with Crippen LogP contribution >= 0.6 is 15.9 Å². The normalized spacial score (nSPS) is 26.3. The number of hydrogen-bond donors (Lipinski definition) is 0. The first-order valence-corrected chi connectivity index (χ1v) is 6.19. The lowest BCUT2D eigenvalue weighted by Crippen LogP contribution is -2.28. The van der Waals surface area contributed by atoms with Crippen LogP contribution in [0.2, 0.25) is 0 Å². The predicted octanol–water partition coefficient (Wildman–Crippen LogP) is 3.20. The van der Waals surface area contributed by atoms with Gasteiger partial charge in [-0.05, 0) is 41.1 Å². The largest absolute Gasteiger partial charge is 0.474 e. The summed E-state index contributed by atoms with van der Waals surface area (Å²) in [6, 6.07) is 1.82. The van der Waals surface area contributed by atoms with Gasteiger partial charge in [-0.1, -0.05) is 13.3 Å². The minimum Gasteiger partial charge on any atom is -0.474 e. The van der Waals surface area contributed by atoms with Gasteiger partial charge in [0.05, 0.1) is 0 Å². The molecule has 0 aromatic carbocycles. The average molecular weight is 271 g/mol. The Morgan fingerprint density at radius 2 is 2.13 bits per heavy atom. The Morgan fingerprint density at radius 3 is 2.87 bits per heavy atom. The van der Waals surface area contributed by atoms with Gasteiger partial charge in [-0.2, -0.15) is 0 Å². The van der Waals surface area contributed by atoms with Crippen molar-refractivity contribution in [2.24, 2.45) is 5.92 Å². The molecule has 3 nitrogen and oxygen atoms in total. The highest BCUT2D eigenvalue weighted by Crippen LogP contribution is 2.27. The zero-order chi connectivity index (χ0) is 10.7. The van der Waals surface area contributed by atoms with Crippen molar-refractivity contribution in [2.45, 2.75) is 38.7 Å². The van der Waals surface area contributed by atoms with Crippen molar-refractivity contribution >= 4 is 15.9 Å². The molecule has 1 aromatic heterocycles. The molecule has 2 atom stereocenters. The molecule has 1 aliphatic carbocycles. The van der Waals surface area contributed by atoms with E-state index in [0.717, 1.165) is 11.0 Å². The van der Waals surface area contributed by atoms with Crippen LogP contribution in [0.5, 0.6) is 5.88 Å². The lowest BCUT2D eigenvalue weighted by molar-refractivity contribution is 0.0973. The van der Waals surface area contributed by atoms with Crippen LogP contribution in [-0.2, 0) is 0 Å². The van der Waals surface area contributed by atoms with Crippen LogP contribution < -0.4 is 4.74 Å². The molecule has 15 heavy (non-hydrogen) atoms. The third-order valence-corrected chi connectivity index (χ3v) is 3.35. The summed E-state index contributed by atoms with van der Waals surface area (Å²) in [4.78, 5) is 8.08. The Hall–Kier alpha value is -0.640. The van der Waals surface area contributed by atoms with Gasteiger partial charge >= 0.3 is 0 Å². The molecule has 4 heteroatoms. The molecule has 0 amide bonds. The molecule has 0 aliphatic heterocycles. The third kappa shape index (κ3) is 2.91. The zero-order valence-electron chi connectivity index (χ0n) is 8.82. The maximum absolute atomic E-state index is 5.87. The highest BCUT2D eigenvalue weighted by molar-refractivity contribution is 9.10. The molecule has 1 heterocycles. The first kappa shape index (κ1) is 10.9. The van der Waals surface area contributed by atoms with Crippen molar-refractivity contribution in [2.75, 3.05) is 0 Å². The van der Waals surface area contributed by atoms with Gasteiger partial charge in [0.1, 0.15) is 17.0 Å². The lowest BCUT2D eigenvalue weighted by Gasteiger charge is -2.28. The van der Waals surface area contributed by atoms with Gasteiger partial charge < -0.3 is 4.74 Å². The zero-order valence-corrected chi connectivity index (χ0v) is 10.4. The summed E-state index contributed by atoms with van der Waals surface area (Å²) >= 11 is 3.31. The fourth-order valence-electron chi connectivity index (χ4n) is 1.99. The van der Waals surface area contributed by atoms with Crippen molar-refractivity contribution in [1.29, 1.82) is 0 Å². The van der Waals surface area contributed by atoms with Crippen LogP contribution in [0.15, 0.2) is 17.0 Å². The molecule has 82 valence electrons. The fraction of sp³-hybridized carbons (Fsp3) is 0.636. The van der Waals surface area contributed by atoms with Crippen LogP contribution in [0.1, 0.15) is 32.6 Å². The van der Waals surface area contributed by atoms with Crippen molar-refractivity contribution in [3.05, 3.63) is 17.0 Å². The maximum Gasteiger partial charge on any atom is 0.217 e. The van der Waals surface area contributed by atoms with Gasteiger partial charge in [0.25, 0.3) is 0 Å². The maximum atomic E-state index is 5.87. The van der Waals surface area contributed by atoms with Crippen LogP contribution in [0.4, 0.5) is 0 Å². The van der Waals surface area contributed by atoms with Crippen molar-refractivity contribution < 1.29 is 4.74 Å². The summed E-state index contributed by atoms with van der Waals surface area (Å²) in [5.41, 5.74) is 0. The Kier molecular flexibility index (Phi) is 3.57. The van der Waals surface area contributed by atoms with Crippen LogP contribution in [0.3, 0.4) is 0 Å². The van der Waals surface area contributed by atoms with Crippen molar-refractivity contribution in [3.8, 4) is 5.88 Å². The number of nitrogens with zero attached hydrogens (tertiary/aromatic N) is 2. The second-order valence-corrected chi connectivity index (χ2v) is 4.91. The first-order chi connectivity index (χ1) is 7.25. The molecule has 0 saturated heterocycles. The van der Waals surface area contributed by atoms with Crippen LogP contribution in [0, 0.1) is 5.92 Å². The molecule has 0 bridgehead atoms. The molecule has 0 N–H and O–H groups in total. The van der Waals surface area contributed by atoms with E-state index < -0.39 is 0 Å². The highest BCUT2D eigenvalue weighted by Gasteiger charge is 2.23. The van der Waals surface area contributed by atoms with Crippen LogP contribution in [-0.4, -0.2) is 16.1 Å². The van der Waals surface area contributed by atoms with E-state index in [4.69, 9.17) is 4.74 Å². The third-order valence-electron chi connectivity index (χ3n) is 2.91. The van der Waals surface area contributed by atoms with Gasteiger partial charge in [0.2, 0.25) is 5.88 Å². The number of aromatic nitrogens is 2. The van der Waals surface area contributed by atoms with Crippen LogP contribution in [0.25, 0.3) is 0 Å². The van der Waals surface area contributed by atoms with Gasteiger partial charge in [0, 0.05) is 6.07 Å². The Balaban J connectivity index is 2.01. The van der Waals surface area contributed by atoms with E-state index >= 15 is 0 Å². The van der Waals surface area contributed by atoms with E-state index in [1.54, 1.807) is 0 Å². The molecule has 1 saturated carbocycles. The molecule has 0 spiro atoms. The van der Waals surface area contributed by atoms with E-state index in [1.165, 1.54) is 25.6 Å². The van der Waals surface area contributed by atoms with E-state index in [2.05, 4.69) is 32.8 Å². The minimum absolute atomic E-state index is 0.320. The minimum atomic E-state index is 0.320. The first-order valence-electron chi connectivity index (χ1n) is 5.40. The van der Waals surface area contributed by atoms with Crippen molar-refractivity contribution in [3.63, 3.8) is 0 Å². The van der Waals surface area contributed by atoms with Gasteiger partial charge in [0.15, 0.2) is 0 Å². The Bertz CT molecular complexity index is 332. The van der Waals surface area contributed by atoms with E-state index in [-0.39, 0.29) is 0 Å². The number of ether oxygens (including phenoxy) is 1. The number of hydrogen-bond acceptors (Lipinski definition) is 3. The second-order valence-electron chi connectivity index (χ2n) is 4.10. The number of rotatable bonds is 2. The Morgan fingerprint density at radius 1 is 1.33 bits per heavy atom. The molecule has 1 aliphatic rings. The fourth-order valence-corrected chi connectivity index (χ4v) is 2.28. The molecule has 0 radical (unpaired) electrons. The average Bonchev–Trinajstić information content (AvgIpc) is 2.22. The topological polar surface area (TPSA) is 35.0 Å². The lowest BCUT2D eigenvalue weighted by atomic mass is 9.88. The summed E-state index contributed by atoms with van der Waals surface area (Å²) in [5.74, 6) is 1.31. The predicted molar refractivity (Wildman–Crippen MR) is 61.8 cm³/mol.